The highest BCUT2D eigenvalue weighted by Gasteiger charge is 2.48. The SMILES string of the molecule is CC1CC(P2[C@H](C)CC[C@H]2C)C(P2[C@H](C)CC[C@H]2C)C1. The third-order valence-electron chi connectivity index (χ3n) is 6.54. The maximum Gasteiger partial charge on any atom is -0.0134 e. The van der Waals surface area contributed by atoms with Crippen LogP contribution in [0.1, 0.15) is 73.1 Å². The van der Waals surface area contributed by atoms with Gasteiger partial charge < -0.3 is 0 Å². The summed E-state index contributed by atoms with van der Waals surface area (Å²) in [5, 5.41) is 0. The minimum absolute atomic E-state index is 0.327. The van der Waals surface area contributed by atoms with Gasteiger partial charge >= 0.3 is 0 Å². The fraction of sp³-hybridized carbons (Fsp3) is 1.00. The van der Waals surface area contributed by atoms with Crippen LogP contribution in [0.25, 0.3) is 0 Å². The van der Waals surface area contributed by atoms with Crippen LogP contribution in [0.15, 0.2) is 0 Å². The van der Waals surface area contributed by atoms with E-state index < -0.39 is 0 Å². The maximum absolute atomic E-state index is 2.59. The average Bonchev–Trinajstić information content (AvgIpc) is 3.00. The van der Waals surface area contributed by atoms with Crippen molar-refractivity contribution in [2.24, 2.45) is 5.92 Å². The maximum atomic E-state index is 2.59. The van der Waals surface area contributed by atoms with Crippen LogP contribution in [-0.4, -0.2) is 34.0 Å². The molecule has 0 aromatic heterocycles. The van der Waals surface area contributed by atoms with Crippen LogP contribution in [-0.2, 0) is 0 Å². The molecule has 6 atom stereocenters. The molecule has 0 amide bonds. The van der Waals surface area contributed by atoms with Gasteiger partial charge in [0.05, 0.1) is 0 Å². The van der Waals surface area contributed by atoms with Gasteiger partial charge in [0.25, 0.3) is 0 Å². The Bertz CT molecular complexity index is 290. The zero-order chi connectivity index (χ0) is 14.4. The number of hydrogen-bond donors (Lipinski definition) is 0. The molecule has 1 aliphatic carbocycles. The van der Waals surface area contributed by atoms with Gasteiger partial charge in [-0.25, -0.2) is 0 Å². The molecule has 2 heteroatoms. The smallest absolute Gasteiger partial charge is 0.0134 e. The van der Waals surface area contributed by atoms with Crippen molar-refractivity contribution in [3.63, 3.8) is 0 Å². The summed E-state index contributed by atoms with van der Waals surface area (Å²) < 4.78 is 0. The molecular weight excluding hydrogens is 278 g/mol. The second-order valence-electron chi connectivity index (χ2n) is 8.16. The fourth-order valence-electron chi connectivity index (χ4n) is 5.61. The molecule has 3 fully saturated rings. The molecule has 0 aromatic carbocycles. The summed E-state index contributed by atoms with van der Waals surface area (Å²) in [6, 6.07) is 0. The second kappa shape index (κ2) is 6.16. The summed E-state index contributed by atoms with van der Waals surface area (Å²) in [6.45, 7) is 12.9. The minimum atomic E-state index is 0.327. The first-order valence-corrected chi connectivity index (χ1v) is 12.1. The van der Waals surface area contributed by atoms with E-state index in [2.05, 4.69) is 34.6 Å². The first-order chi connectivity index (χ1) is 9.49. The molecule has 1 saturated carbocycles. The molecule has 0 N–H and O–H groups in total. The molecule has 2 unspecified atom stereocenters. The molecule has 2 heterocycles. The predicted octanol–water partition coefficient (Wildman–Crippen LogP) is 6.26. The molecule has 3 aliphatic rings. The zero-order valence-electron chi connectivity index (χ0n) is 14.2. The van der Waals surface area contributed by atoms with E-state index in [0.717, 1.165) is 39.9 Å². The van der Waals surface area contributed by atoms with Crippen LogP contribution < -0.4 is 0 Å². The molecule has 2 aliphatic heterocycles. The highest BCUT2D eigenvalue weighted by molar-refractivity contribution is 7.64. The molecule has 20 heavy (non-hydrogen) atoms. The van der Waals surface area contributed by atoms with Crippen molar-refractivity contribution in [3.05, 3.63) is 0 Å². The highest BCUT2D eigenvalue weighted by Crippen LogP contribution is 2.71. The van der Waals surface area contributed by atoms with Gasteiger partial charge in [-0.05, 0) is 78.4 Å². The number of rotatable bonds is 2. The third-order valence-corrected chi connectivity index (χ3v) is 14.6. The first-order valence-electron chi connectivity index (χ1n) is 9.04. The summed E-state index contributed by atoms with van der Waals surface area (Å²) in [7, 11) is 0.655. The van der Waals surface area contributed by atoms with E-state index in [-0.39, 0.29) is 0 Å². The summed E-state index contributed by atoms with van der Waals surface area (Å²) in [5.41, 5.74) is 6.59. The van der Waals surface area contributed by atoms with Gasteiger partial charge in [0.1, 0.15) is 0 Å². The largest absolute Gasteiger partial charge is 0.0971 e. The molecule has 0 aromatic rings. The molecular formula is C18H34P2. The lowest BCUT2D eigenvalue weighted by atomic mass is 10.1. The Hall–Kier alpha value is 0.860. The van der Waals surface area contributed by atoms with Gasteiger partial charge in [-0.2, -0.15) is 0 Å². The van der Waals surface area contributed by atoms with Crippen molar-refractivity contribution in [2.45, 2.75) is 107 Å². The highest BCUT2D eigenvalue weighted by atomic mass is 31.1. The Morgan fingerprint density at radius 3 is 1.15 bits per heavy atom. The van der Waals surface area contributed by atoms with Crippen LogP contribution in [0.3, 0.4) is 0 Å². The van der Waals surface area contributed by atoms with E-state index >= 15 is 0 Å². The quantitative estimate of drug-likeness (QED) is 0.528. The standard InChI is InChI=1S/C18H34P2/c1-12-10-17(19-13(2)6-7-14(19)3)18(11-12)20-15(4)8-9-16(20)5/h12-18H,6-11H2,1-5H3/t12?,13-,14-,15-,16-,17?,18?/m1/s1. The molecule has 2 saturated heterocycles. The molecule has 0 radical (unpaired) electrons. The summed E-state index contributed by atoms with van der Waals surface area (Å²) in [4.78, 5) is 0. The Kier molecular flexibility index (Phi) is 4.85. The van der Waals surface area contributed by atoms with Gasteiger partial charge in [0.2, 0.25) is 0 Å². The summed E-state index contributed by atoms with van der Waals surface area (Å²) in [5.74, 6) is 1.02. The Morgan fingerprint density at radius 2 is 0.850 bits per heavy atom. The van der Waals surface area contributed by atoms with Crippen molar-refractivity contribution in [2.75, 3.05) is 0 Å². The lowest BCUT2D eigenvalue weighted by molar-refractivity contribution is 0.613. The van der Waals surface area contributed by atoms with E-state index in [1.165, 1.54) is 25.7 Å². The monoisotopic (exact) mass is 312 g/mol. The topological polar surface area (TPSA) is 0 Å². The van der Waals surface area contributed by atoms with E-state index in [4.69, 9.17) is 0 Å². The fourth-order valence-corrected chi connectivity index (χ4v) is 14.9. The first kappa shape index (κ1) is 15.7. The lowest BCUT2D eigenvalue weighted by Crippen LogP contribution is -2.25. The van der Waals surface area contributed by atoms with Crippen LogP contribution in [0, 0.1) is 5.92 Å². The van der Waals surface area contributed by atoms with Crippen LogP contribution in [0.2, 0.25) is 0 Å². The Labute approximate surface area is 129 Å². The molecule has 0 spiro atoms. The zero-order valence-corrected chi connectivity index (χ0v) is 16.0. The third kappa shape index (κ3) is 2.74. The van der Waals surface area contributed by atoms with E-state index in [0.29, 0.717) is 15.8 Å². The number of hydrogen-bond acceptors (Lipinski definition) is 0. The van der Waals surface area contributed by atoms with Gasteiger partial charge in [-0.1, -0.05) is 50.5 Å². The van der Waals surface area contributed by atoms with Crippen LogP contribution >= 0.6 is 15.8 Å². The van der Waals surface area contributed by atoms with Crippen LogP contribution in [0.4, 0.5) is 0 Å². The Morgan fingerprint density at radius 1 is 0.550 bits per heavy atom. The second-order valence-corrected chi connectivity index (χ2v) is 14.8. The van der Waals surface area contributed by atoms with Crippen molar-refractivity contribution in [1.29, 1.82) is 0 Å². The minimum Gasteiger partial charge on any atom is -0.0971 e. The summed E-state index contributed by atoms with van der Waals surface area (Å²) in [6.07, 6.45) is 9.31. The normalized spacial score (nSPS) is 51.1. The van der Waals surface area contributed by atoms with Crippen molar-refractivity contribution in [1.82, 2.24) is 0 Å². The van der Waals surface area contributed by atoms with E-state index in [1.807, 2.05) is 0 Å². The van der Waals surface area contributed by atoms with Crippen LogP contribution in [0.5, 0.6) is 0 Å². The van der Waals surface area contributed by atoms with Crippen molar-refractivity contribution in [3.8, 4) is 0 Å². The van der Waals surface area contributed by atoms with Crippen molar-refractivity contribution < 1.29 is 0 Å². The summed E-state index contributed by atoms with van der Waals surface area (Å²) >= 11 is 0. The van der Waals surface area contributed by atoms with E-state index in [9.17, 15) is 0 Å². The van der Waals surface area contributed by atoms with E-state index in [1.54, 1.807) is 12.8 Å². The average molecular weight is 312 g/mol. The van der Waals surface area contributed by atoms with Gasteiger partial charge in [0.15, 0.2) is 0 Å². The van der Waals surface area contributed by atoms with Gasteiger partial charge in [-0.15, -0.1) is 0 Å². The molecule has 116 valence electrons. The van der Waals surface area contributed by atoms with Gasteiger partial charge in [-0.3, -0.25) is 0 Å². The predicted molar refractivity (Wildman–Crippen MR) is 96.1 cm³/mol. The Balaban J connectivity index is 1.81. The van der Waals surface area contributed by atoms with Crippen molar-refractivity contribution >= 4 is 15.8 Å². The molecule has 0 bridgehead atoms. The molecule has 3 rings (SSSR count). The lowest BCUT2D eigenvalue weighted by Gasteiger charge is -2.38. The molecule has 0 nitrogen and oxygen atoms in total. The van der Waals surface area contributed by atoms with Gasteiger partial charge in [0, 0.05) is 0 Å².